The fraction of sp³-hybridized carbons (Fsp3) is 0.435. The SMILES string of the molecule is N#Cc1cccnc1N1CCC(NC(=O)c2cnc3c(c2)ncn3C2CCCC2)CC1. The molecule has 0 spiro atoms. The first-order valence-corrected chi connectivity index (χ1v) is 11.0. The summed E-state index contributed by atoms with van der Waals surface area (Å²) in [5.41, 5.74) is 2.76. The lowest BCUT2D eigenvalue weighted by Crippen LogP contribution is -2.45. The summed E-state index contributed by atoms with van der Waals surface area (Å²) >= 11 is 0. The summed E-state index contributed by atoms with van der Waals surface area (Å²) < 4.78 is 2.16. The van der Waals surface area contributed by atoms with Crippen LogP contribution in [-0.2, 0) is 0 Å². The minimum atomic E-state index is -0.112. The minimum absolute atomic E-state index is 0.0877. The van der Waals surface area contributed by atoms with Gasteiger partial charge >= 0.3 is 0 Å². The average Bonchev–Trinajstić information content (AvgIpc) is 3.49. The van der Waals surface area contributed by atoms with Gasteiger partial charge in [-0.3, -0.25) is 4.79 Å². The van der Waals surface area contributed by atoms with Gasteiger partial charge in [-0.05, 0) is 43.9 Å². The molecule has 4 heterocycles. The van der Waals surface area contributed by atoms with Crippen LogP contribution in [0.1, 0.15) is 60.5 Å². The third-order valence-electron chi connectivity index (χ3n) is 6.43. The van der Waals surface area contributed by atoms with Crippen LogP contribution in [0.5, 0.6) is 0 Å². The zero-order valence-electron chi connectivity index (χ0n) is 17.4. The van der Waals surface area contributed by atoms with Gasteiger partial charge in [-0.25, -0.2) is 15.0 Å². The molecule has 0 radical (unpaired) electrons. The quantitative estimate of drug-likeness (QED) is 0.702. The normalized spacial score (nSPS) is 17.7. The van der Waals surface area contributed by atoms with E-state index in [0.29, 0.717) is 17.2 Å². The van der Waals surface area contributed by atoms with Crippen molar-refractivity contribution in [2.45, 2.75) is 50.6 Å². The highest BCUT2D eigenvalue weighted by molar-refractivity contribution is 5.96. The maximum absolute atomic E-state index is 12.8. The fourth-order valence-corrected chi connectivity index (χ4v) is 4.73. The summed E-state index contributed by atoms with van der Waals surface area (Å²) in [5, 5.41) is 12.4. The number of piperidine rings is 1. The Morgan fingerprint density at radius 2 is 1.94 bits per heavy atom. The number of amides is 1. The predicted molar refractivity (Wildman–Crippen MR) is 117 cm³/mol. The van der Waals surface area contributed by atoms with Crippen molar-refractivity contribution >= 4 is 22.9 Å². The first kappa shape index (κ1) is 19.5. The van der Waals surface area contributed by atoms with E-state index in [4.69, 9.17) is 0 Å². The van der Waals surface area contributed by atoms with E-state index in [2.05, 4.69) is 35.8 Å². The number of rotatable bonds is 4. The number of nitrogens with zero attached hydrogens (tertiary/aromatic N) is 6. The van der Waals surface area contributed by atoms with Crippen molar-refractivity contribution in [1.82, 2.24) is 24.8 Å². The van der Waals surface area contributed by atoms with E-state index in [1.807, 2.05) is 12.4 Å². The topological polar surface area (TPSA) is 99.7 Å². The second kappa shape index (κ2) is 8.34. The first-order chi connectivity index (χ1) is 15.2. The zero-order chi connectivity index (χ0) is 21.2. The average molecular weight is 416 g/mol. The highest BCUT2D eigenvalue weighted by Crippen LogP contribution is 2.31. The Morgan fingerprint density at radius 3 is 2.71 bits per heavy atom. The summed E-state index contributed by atoms with van der Waals surface area (Å²) in [4.78, 5) is 28.4. The van der Waals surface area contributed by atoms with Crippen molar-refractivity contribution < 1.29 is 4.79 Å². The van der Waals surface area contributed by atoms with Crippen LogP contribution in [0, 0.1) is 11.3 Å². The molecule has 1 aliphatic heterocycles. The molecule has 1 amide bonds. The second-order valence-corrected chi connectivity index (χ2v) is 8.38. The van der Waals surface area contributed by atoms with Gasteiger partial charge in [0.2, 0.25) is 0 Å². The zero-order valence-corrected chi connectivity index (χ0v) is 17.4. The number of imidazole rings is 1. The number of aromatic nitrogens is 4. The van der Waals surface area contributed by atoms with Crippen LogP contribution in [-0.4, -0.2) is 44.6 Å². The summed E-state index contributed by atoms with van der Waals surface area (Å²) in [5.74, 6) is 0.612. The van der Waals surface area contributed by atoms with Crippen LogP contribution >= 0.6 is 0 Å². The standard InChI is InChI=1S/C23H25N7O/c24-13-16-4-3-9-25-21(16)29-10-7-18(8-11-29)28-23(31)17-12-20-22(26-14-17)30(15-27-20)19-5-1-2-6-19/h3-4,9,12,14-15,18-19H,1-2,5-8,10-11H2,(H,28,31). The molecule has 1 saturated carbocycles. The largest absolute Gasteiger partial charge is 0.355 e. The molecule has 1 N–H and O–H groups in total. The van der Waals surface area contributed by atoms with E-state index in [9.17, 15) is 10.1 Å². The lowest BCUT2D eigenvalue weighted by atomic mass is 10.0. The van der Waals surface area contributed by atoms with Crippen molar-refractivity contribution in [2.24, 2.45) is 0 Å². The van der Waals surface area contributed by atoms with Crippen molar-refractivity contribution in [3.63, 3.8) is 0 Å². The molecule has 1 aliphatic carbocycles. The van der Waals surface area contributed by atoms with Gasteiger partial charge in [0.05, 0.1) is 17.5 Å². The highest BCUT2D eigenvalue weighted by atomic mass is 16.1. The molecule has 0 atom stereocenters. The van der Waals surface area contributed by atoms with E-state index in [1.165, 1.54) is 25.7 Å². The van der Waals surface area contributed by atoms with Crippen LogP contribution in [0.3, 0.4) is 0 Å². The molecule has 0 unspecified atom stereocenters. The van der Waals surface area contributed by atoms with E-state index in [1.54, 1.807) is 24.5 Å². The summed E-state index contributed by atoms with van der Waals surface area (Å²) in [6, 6.07) is 8.16. The third-order valence-corrected chi connectivity index (χ3v) is 6.43. The Kier molecular flexibility index (Phi) is 5.24. The number of hydrogen-bond acceptors (Lipinski definition) is 6. The second-order valence-electron chi connectivity index (χ2n) is 8.38. The van der Waals surface area contributed by atoms with Gasteiger partial charge < -0.3 is 14.8 Å². The molecule has 31 heavy (non-hydrogen) atoms. The van der Waals surface area contributed by atoms with Crippen LogP contribution in [0.15, 0.2) is 36.9 Å². The smallest absolute Gasteiger partial charge is 0.253 e. The third kappa shape index (κ3) is 3.83. The molecule has 8 nitrogen and oxygen atoms in total. The Labute approximate surface area is 180 Å². The van der Waals surface area contributed by atoms with Gasteiger partial charge in [0, 0.05) is 37.6 Å². The van der Waals surface area contributed by atoms with Crippen LogP contribution in [0.4, 0.5) is 5.82 Å². The van der Waals surface area contributed by atoms with Gasteiger partial charge in [0.15, 0.2) is 5.65 Å². The summed E-state index contributed by atoms with van der Waals surface area (Å²) in [6.45, 7) is 1.50. The molecule has 158 valence electrons. The lowest BCUT2D eigenvalue weighted by molar-refractivity contribution is 0.0931. The number of nitrogens with one attached hydrogen (secondary N) is 1. The highest BCUT2D eigenvalue weighted by Gasteiger charge is 2.24. The number of carbonyl (C=O) groups is 1. The van der Waals surface area contributed by atoms with Crippen molar-refractivity contribution in [2.75, 3.05) is 18.0 Å². The van der Waals surface area contributed by atoms with Gasteiger partial charge in [0.25, 0.3) is 5.91 Å². The van der Waals surface area contributed by atoms with Crippen LogP contribution < -0.4 is 10.2 Å². The summed E-state index contributed by atoms with van der Waals surface area (Å²) in [6.07, 6.45) is 11.7. The molecular weight excluding hydrogens is 390 g/mol. The molecule has 3 aromatic rings. The Bertz CT molecular complexity index is 1130. The molecule has 3 aromatic heterocycles. The molecule has 1 saturated heterocycles. The van der Waals surface area contributed by atoms with Crippen molar-refractivity contribution in [3.8, 4) is 6.07 Å². The molecule has 8 heteroatoms. The monoisotopic (exact) mass is 415 g/mol. The maximum Gasteiger partial charge on any atom is 0.253 e. The molecule has 5 rings (SSSR count). The van der Waals surface area contributed by atoms with Gasteiger partial charge in [-0.1, -0.05) is 12.8 Å². The van der Waals surface area contributed by atoms with Crippen molar-refractivity contribution in [3.05, 3.63) is 48.0 Å². The molecule has 0 aromatic carbocycles. The van der Waals surface area contributed by atoms with Crippen molar-refractivity contribution in [1.29, 1.82) is 5.26 Å². The summed E-state index contributed by atoms with van der Waals surface area (Å²) in [7, 11) is 0. The van der Waals surface area contributed by atoms with Gasteiger partial charge in [0.1, 0.15) is 17.4 Å². The molecule has 2 fully saturated rings. The first-order valence-electron chi connectivity index (χ1n) is 11.0. The molecule has 2 aliphatic rings. The van der Waals surface area contributed by atoms with Crippen LogP contribution in [0.25, 0.3) is 11.2 Å². The number of nitriles is 1. The van der Waals surface area contributed by atoms with Crippen LogP contribution in [0.2, 0.25) is 0 Å². The van der Waals surface area contributed by atoms with E-state index >= 15 is 0 Å². The van der Waals surface area contributed by atoms with E-state index < -0.39 is 0 Å². The number of fused-ring (bicyclic) bond motifs is 1. The lowest BCUT2D eigenvalue weighted by Gasteiger charge is -2.33. The van der Waals surface area contributed by atoms with Gasteiger partial charge in [-0.2, -0.15) is 5.26 Å². The number of hydrogen-bond donors (Lipinski definition) is 1. The molecule has 0 bridgehead atoms. The Morgan fingerprint density at radius 1 is 1.13 bits per heavy atom. The molecular formula is C23H25N7O. The van der Waals surface area contributed by atoms with E-state index in [-0.39, 0.29) is 11.9 Å². The van der Waals surface area contributed by atoms with E-state index in [0.717, 1.165) is 42.9 Å². The Balaban J connectivity index is 1.23. The minimum Gasteiger partial charge on any atom is -0.355 e. The fourth-order valence-electron chi connectivity index (χ4n) is 4.73. The Hall–Kier alpha value is -3.47. The number of pyridine rings is 2. The van der Waals surface area contributed by atoms with Gasteiger partial charge in [-0.15, -0.1) is 0 Å². The predicted octanol–water partition coefficient (Wildman–Crippen LogP) is 3.21. The maximum atomic E-state index is 12.8. The number of carbonyl (C=O) groups excluding carboxylic acids is 1. The number of anilines is 1.